The highest BCUT2D eigenvalue weighted by Gasteiger charge is 2.04. The van der Waals surface area contributed by atoms with Crippen LogP contribution in [0.3, 0.4) is 0 Å². The molecule has 0 aliphatic rings. The minimum atomic E-state index is 0.276. The predicted octanol–water partition coefficient (Wildman–Crippen LogP) is 1.54. The molecular weight excluding hydrogens is 214 g/mol. The summed E-state index contributed by atoms with van der Waals surface area (Å²) in [6, 6.07) is 9.73. The van der Waals surface area contributed by atoms with E-state index in [1.807, 2.05) is 30.3 Å². The lowest BCUT2D eigenvalue weighted by molar-refractivity contribution is 0.207. The van der Waals surface area contributed by atoms with Gasteiger partial charge in [0.1, 0.15) is 23.9 Å². The van der Waals surface area contributed by atoms with E-state index in [-0.39, 0.29) is 11.5 Å². The van der Waals surface area contributed by atoms with E-state index in [9.17, 15) is 0 Å². The molecule has 0 spiro atoms. The van der Waals surface area contributed by atoms with Crippen molar-refractivity contribution in [2.75, 3.05) is 0 Å². The fourth-order valence-electron chi connectivity index (χ4n) is 1.16. The zero-order valence-corrected chi connectivity index (χ0v) is 9.65. The molecule has 4 nitrogen and oxygen atoms in total. The van der Waals surface area contributed by atoms with Crippen molar-refractivity contribution in [1.82, 2.24) is 5.32 Å². The van der Waals surface area contributed by atoms with E-state index in [0.717, 1.165) is 5.56 Å². The molecule has 0 saturated carbocycles. The largest absolute Gasteiger partial charge is 0.487 e. The Hall–Kier alpha value is -2.36. The van der Waals surface area contributed by atoms with Gasteiger partial charge in [-0.15, -0.1) is 0 Å². The predicted molar refractivity (Wildman–Crippen MR) is 69.1 cm³/mol. The van der Waals surface area contributed by atoms with Gasteiger partial charge < -0.3 is 21.5 Å². The standard InChI is InChI=1S/C13H17N3O/c1-3-16-13(15)12(14)10(2)17-9-11-7-5-4-6-8-11/h3-8,16H,1-2,9,14-15H2/b13-12-. The summed E-state index contributed by atoms with van der Waals surface area (Å²) in [5, 5.41) is 2.68. The van der Waals surface area contributed by atoms with Gasteiger partial charge in [0.15, 0.2) is 0 Å². The Labute approximate surface area is 101 Å². The van der Waals surface area contributed by atoms with Gasteiger partial charge in [0.25, 0.3) is 0 Å². The van der Waals surface area contributed by atoms with Crippen LogP contribution in [-0.2, 0) is 11.3 Å². The first-order valence-electron chi connectivity index (χ1n) is 5.13. The highest BCUT2D eigenvalue weighted by molar-refractivity contribution is 5.25. The number of hydrogen-bond acceptors (Lipinski definition) is 4. The highest BCUT2D eigenvalue weighted by atomic mass is 16.5. The molecule has 4 heteroatoms. The van der Waals surface area contributed by atoms with Crippen LogP contribution in [0.4, 0.5) is 0 Å². The monoisotopic (exact) mass is 231 g/mol. The van der Waals surface area contributed by atoms with E-state index in [1.54, 1.807) is 0 Å². The Balaban J connectivity index is 2.56. The van der Waals surface area contributed by atoms with Gasteiger partial charge in [-0.1, -0.05) is 43.5 Å². The van der Waals surface area contributed by atoms with Gasteiger partial charge in [-0.3, -0.25) is 0 Å². The molecule has 90 valence electrons. The Morgan fingerprint density at radius 1 is 1.29 bits per heavy atom. The maximum atomic E-state index is 5.73. The first-order valence-corrected chi connectivity index (χ1v) is 5.13. The topological polar surface area (TPSA) is 73.3 Å². The number of nitrogens with two attached hydrogens (primary N) is 2. The first kappa shape index (κ1) is 12.7. The average Bonchev–Trinajstić information content (AvgIpc) is 2.36. The van der Waals surface area contributed by atoms with Gasteiger partial charge in [-0.05, 0) is 11.8 Å². The lowest BCUT2D eigenvalue weighted by Crippen LogP contribution is -2.21. The number of nitrogens with one attached hydrogen (secondary N) is 1. The van der Waals surface area contributed by atoms with Crippen molar-refractivity contribution in [3.63, 3.8) is 0 Å². The van der Waals surface area contributed by atoms with E-state index >= 15 is 0 Å². The second kappa shape index (κ2) is 6.27. The van der Waals surface area contributed by atoms with Crippen molar-refractivity contribution < 1.29 is 4.74 Å². The Kier molecular flexibility index (Phi) is 4.69. The summed E-state index contributed by atoms with van der Waals surface area (Å²) in [6.07, 6.45) is 1.44. The Morgan fingerprint density at radius 2 is 1.94 bits per heavy atom. The summed E-state index contributed by atoms with van der Waals surface area (Å²) >= 11 is 0. The lowest BCUT2D eigenvalue weighted by atomic mass is 10.2. The molecule has 17 heavy (non-hydrogen) atoms. The molecule has 0 radical (unpaired) electrons. The number of rotatable bonds is 6. The molecule has 1 rings (SSSR count). The van der Waals surface area contributed by atoms with Crippen LogP contribution >= 0.6 is 0 Å². The minimum absolute atomic E-state index is 0.276. The fourth-order valence-corrected chi connectivity index (χ4v) is 1.16. The van der Waals surface area contributed by atoms with Crippen LogP contribution in [0.15, 0.2) is 67.0 Å². The van der Waals surface area contributed by atoms with Crippen LogP contribution in [0.5, 0.6) is 0 Å². The highest BCUT2D eigenvalue weighted by Crippen LogP contribution is 2.09. The van der Waals surface area contributed by atoms with Crippen molar-refractivity contribution >= 4 is 0 Å². The van der Waals surface area contributed by atoms with Crippen molar-refractivity contribution in [1.29, 1.82) is 0 Å². The second-order valence-electron chi connectivity index (χ2n) is 3.37. The van der Waals surface area contributed by atoms with Crippen LogP contribution in [0, 0.1) is 0 Å². The first-order chi connectivity index (χ1) is 8.15. The van der Waals surface area contributed by atoms with Crippen LogP contribution in [-0.4, -0.2) is 0 Å². The molecule has 0 unspecified atom stereocenters. The summed E-state index contributed by atoms with van der Waals surface area (Å²) in [7, 11) is 0. The van der Waals surface area contributed by atoms with Gasteiger partial charge in [0.05, 0.1) is 0 Å². The molecule has 0 atom stereocenters. The third-order valence-corrected chi connectivity index (χ3v) is 2.10. The molecule has 0 aliphatic carbocycles. The lowest BCUT2D eigenvalue weighted by Gasteiger charge is -2.11. The minimum Gasteiger partial charge on any atom is -0.487 e. The van der Waals surface area contributed by atoms with Gasteiger partial charge in [0.2, 0.25) is 0 Å². The quantitative estimate of drug-likeness (QED) is 0.513. The molecule has 0 fully saturated rings. The fraction of sp³-hybridized carbons (Fsp3) is 0.0769. The molecule has 0 bridgehead atoms. The number of hydrogen-bond donors (Lipinski definition) is 3. The van der Waals surface area contributed by atoms with Crippen LogP contribution in [0.1, 0.15) is 5.56 Å². The molecule has 0 aromatic heterocycles. The maximum Gasteiger partial charge on any atom is 0.139 e. The normalized spacial score (nSPS) is 11.3. The molecule has 0 heterocycles. The van der Waals surface area contributed by atoms with Gasteiger partial charge in [-0.25, -0.2) is 0 Å². The Morgan fingerprint density at radius 3 is 2.53 bits per heavy atom. The zero-order chi connectivity index (χ0) is 12.7. The van der Waals surface area contributed by atoms with Crippen LogP contribution in [0.25, 0.3) is 0 Å². The van der Waals surface area contributed by atoms with Gasteiger partial charge in [-0.2, -0.15) is 0 Å². The van der Waals surface area contributed by atoms with Crippen molar-refractivity contribution in [2.45, 2.75) is 6.61 Å². The van der Waals surface area contributed by atoms with Crippen molar-refractivity contribution in [2.24, 2.45) is 11.5 Å². The van der Waals surface area contributed by atoms with Gasteiger partial charge in [0, 0.05) is 0 Å². The second-order valence-corrected chi connectivity index (χ2v) is 3.37. The maximum absolute atomic E-state index is 5.73. The average molecular weight is 231 g/mol. The molecule has 1 aromatic carbocycles. The summed E-state index contributed by atoms with van der Waals surface area (Å²) in [4.78, 5) is 0. The van der Waals surface area contributed by atoms with Crippen molar-refractivity contribution in [3.8, 4) is 0 Å². The summed E-state index contributed by atoms with van der Waals surface area (Å²) in [6.45, 7) is 7.60. The van der Waals surface area contributed by atoms with Crippen LogP contribution in [0.2, 0.25) is 0 Å². The van der Waals surface area contributed by atoms with E-state index in [2.05, 4.69) is 18.5 Å². The van der Waals surface area contributed by atoms with Gasteiger partial charge >= 0.3 is 0 Å². The SMILES string of the molecule is C=CN/C(N)=C(\N)C(=C)OCc1ccccc1. The van der Waals surface area contributed by atoms with E-state index in [1.165, 1.54) is 6.20 Å². The number of benzene rings is 1. The molecule has 0 saturated heterocycles. The zero-order valence-electron chi connectivity index (χ0n) is 9.65. The van der Waals surface area contributed by atoms with E-state index in [4.69, 9.17) is 16.2 Å². The van der Waals surface area contributed by atoms with E-state index < -0.39 is 0 Å². The third-order valence-electron chi connectivity index (χ3n) is 2.10. The molecule has 1 aromatic rings. The molecule has 0 amide bonds. The Bertz CT molecular complexity index is 424. The molecular formula is C13H17N3O. The third kappa shape index (κ3) is 3.95. The van der Waals surface area contributed by atoms with Crippen molar-refractivity contribution in [3.05, 3.63) is 72.5 Å². The smallest absolute Gasteiger partial charge is 0.139 e. The summed E-state index contributed by atoms with van der Waals surface area (Å²) < 4.78 is 5.43. The molecule has 0 aliphatic heterocycles. The molecule has 5 N–H and O–H groups in total. The summed E-state index contributed by atoms with van der Waals surface area (Å²) in [5.74, 6) is 0.610. The van der Waals surface area contributed by atoms with E-state index in [0.29, 0.717) is 12.4 Å². The summed E-state index contributed by atoms with van der Waals surface area (Å²) in [5.41, 5.74) is 12.7. The van der Waals surface area contributed by atoms with Crippen LogP contribution < -0.4 is 16.8 Å². The number of ether oxygens (including phenoxy) is 1.